The van der Waals surface area contributed by atoms with Crippen LogP contribution in [-0.4, -0.2) is 28.4 Å². The van der Waals surface area contributed by atoms with Crippen LogP contribution in [0.4, 0.5) is 11.4 Å². The molecular formula is C17H16ClN3O3. The number of hydrogen-bond donors (Lipinski definition) is 2. The second-order valence-electron chi connectivity index (χ2n) is 5.54. The van der Waals surface area contributed by atoms with E-state index in [-0.39, 0.29) is 31.4 Å². The van der Waals surface area contributed by atoms with Crippen molar-refractivity contribution < 1.29 is 14.7 Å². The number of aliphatic hydroxyl groups is 1. The van der Waals surface area contributed by atoms with Crippen LogP contribution in [0.25, 0.3) is 0 Å². The summed E-state index contributed by atoms with van der Waals surface area (Å²) in [5, 5.41) is 12.5. The Kier molecular flexibility index (Phi) is 4.78. The minimum absolute atomic E-state index is 0.117. The van der Waals surface area contributed by atoms with E-state index in [9.17, 15) is 14.7 Å². The SMILES string of the molecule is O=C(Nc1cnccc1CO)C1CC(=O)N(c2ccccc2Cl)C1. The largest absolute Gasteiger partial charge is 0.392 e. The number of aliphatic hydroxyl groups excluding tert-OH is 1. The second kappa shape index (κ2) is 6.98. The molecule has 1 saturated heterocycles. The number of carbonyl (C=O) groups is 2. The van der Waals surface area contributed by atoms with Gasteiger partial charge >= 0.3 is 0 Å². The number of nitrogens with one attached hydrogen (secondary N) is 1. The van der Waals surface area contributed by atoms with Gasteiger partial charge in [0.15, 0.2) is 0 Å². The van der Waals surface area contributed by atoms with Crippen molar-refractivity contribution in [2.45, 2.75) is 13.0 Å². The highest BCUT2D eigenvalue weighted by Crippen LogP contribution is 2.31. The standard InChI is InChI=1S/C17H16ClN3O3/c18-13-3-1-2-4-15(13)21-9-12(7-16(21)23)17(24)20-14-8-19-6-5-11(14)10-22/h1-6,8,12,22H,7,9-10H2,(H,20,24). The van der Waals surface area contributed by atoms with Gasteiger partial charge in [-0.25, -0.2) is 0 Å². The van der Waals surface area contributed by atoms with Gasteiger partial charge in [-0.2, -0.15) is 0 Å². The van der Waals surface area contributed by atoms with Crippen molar-refractivity contribution in [1.82, 2.24) is 4.98 Å². The second-order valence-corrected chi connectivity index (χ2v) is 5.94. The first-order chi connectivity index (χ1) is 11.6. The maximum atomic E-state index is 12.5. The zero-order valence-electron chi connectivity index (χ0n) is 12.8. The Balaban J connectivity index is 1.74. The Bertz CT molecular complexity index is 781. The summed E-state index contributed by atoms with van der Waals surface area (Å²) in [5.74, 6) is -0.905. The molecule has 3 rings (SSSR count). The molecule has 0 radical (unpaired) electrons. The summed E-state index contributed by atoms with van der Waals surface area (Å²) in [7, 11) is 0. The molecule has 1 atom stereocenters. The molecule has 2 N–H and O–H groups in total. The fraction of sp³-hybridized carbons (Fsp3) is 0.235. The quantitative estimate of drug-likeness (QED) is 0.890. The molecule has 1 aromatic heterocycles. The van der Waals surface area contributed by atoms with Crippen molar-refractivity contribution in [3.63, 3.8) is 0 Å². The van der Waals surface area contributed by atoms with Crippen LogP contribution in [0.1, 0.15) is 12.0 Å². The van der Waals surface area contributed by atoms with E-state index < -0.39 is 5.92 Å². The third-order valence-corrected chi connectivity index (χ3v) is 4.30. The fourth-order valence-electron chi connectivity index (χ4n) is 2.70. The predicted molar refractivity (Wildman–Crippen MR) is 90.7 cm³/mol. The summed E-state index contributed by atoms with van der Waals surface area (Å²) >= 11 is 6.14. The molecule has 1 aliphatic heterocycles. The van der Waals surface area contributed by atoms with Gasteiger partial charge in [-0.05, 0) is 18.2 Å². The number of rotatable bonds is 4. The van der Waals surface area contributed by atoms with Crippen LogP contribution in [-0.2, 0) is 16.2 Å². The monoisotopic (exact) mass is 345 g/mol. The van der Waals surface area contributed by atoms with Crippen LogP contribution >= 0.6 is 11.6 Å². The van der Waals surface area contributed by atoms with Gasteiger partial charge in [-0.3, -0.25) is 14.6 Å². The van der Waals surface area contributed by atoms with Crippen LogP contribution < -0.4 is 10.2 Å². The molecule has 2 amide bonds. The number of benzene rings is 1. The molecule has 2 aromatic rings. The van der Waals surface area contributed by atoms with E-state index in [1.165, 1.54) is 11.1 Å². The first kappa shape index (κ1) is 16.4. The van der Waals surface area contributed by atoms with E-state index in [4.69, 9.17) is 11.6 Å². The Morgan fingerprint density at radius 3 is 2.92 bits per heavy atom. The number of halogens is 1. The van der Waals surface area contributed by atoms with Gasteiger partial charge in [0.2, 0.25) is 11.8 Å². The number of carbonyl (C=O) groups excluding carboxylic acids is 2. The topological polar surface area (TPSA) is 82.5 Å². The average molecular weight is 346 g/mol. The van der Waals surface area contributed by atoms with Gasteiger partial charge in [0.1, 0.15) is 0 Å². The maximum absolute atomic E-state index is 12.5. The summed E-state index contributed by atoms with van der Waals surface area (Å²) in [6.07, 6.45) is 3.14. The number of amides is 2. The number of hydrogen-bond acceptors (Lipinski definition) is 4. The zero-order valence-corrected chi connectivity index (χ0v) is 13.5. The van der Waals surface area contributed by atoms with Gasteiger partial charge in [0, 0.05) is 24.7 Å². The third-order valence-electron chi connectivity index (χ3n) is 3.98. The molecule has 0 saturated carbocycles. The summed E-state index contributed by atoms with van der Waals surface area (Å²) < 4.78 is 0. The Morgan fingerprint density at radius 2 is 2.17 bits per heavy atom. The summed E-state index contributed by atoms with van der Waals surface area (Å²) in [6, 6.07) is 8.68. The molecule has 0 bridgehead atoms. The number of nitrogens with zero attached hydrogens (tertiary/aromatic N) is 2. The maximum Gasteiger partial charge on any atom is 0.229 e. The number of para-hydroxylation sites is 1. The number of aromatic nitrogens is 1. The van der Waals surface area contributed by atoms with Crippen molar-refractivity contribution in [1.29, 1.82) is 0 Å². The number of pyridine rings is 1. The molecule has 1 unspecified atom stereocenters. The Hall–Kier alpha value is -2.44. The van der Waals surface area contributed by atoms with E-state index in [0.29, 0.717) is 22.0 Å². The van der Waals surface area contributed by atoms with Crippen molar-refractivity contribution in [3.05, 3.63) is 53.3 Å². The lowest BCUT2D eigenvalue weighted by molar-refractivity contribution is -0.122. The summed E-state index contributed by atoms with van der Waals surface area (Å²) in [5.41, 5.74) is 1.64. The van der Waals surface area contributed by atoms with Crippen molar-refractivity contribution in [2.75, 3.05) is 16.8 Å². The highest BCUT2D eigenvalue weighted by molar-refractivity contribution is 6.33. The lowest BCUT2D eigenvalue weighted by Crippen LogP contribution is -2.28. The predicted octanol–water partition coefficient (Wildman–Crippen LogP) is 2.22. The Morgan fingerprint density at radius 1 is 1.38 bits per heavy atom. The van der Waals surface area contributed by atoms with E-state index in [2.05, 4.69) is 10.3 Å². The lowest BCUT2D eigenvalue weighted by atomic mass is 10.1. The molecule has 1 aliphatic rings. The zero-order chi connectivity index (χ0) is 17.1. The minimum Gasteiger partial charge on any atom is -0.392 e. The van der Waals surface area contributed by atoms with Crippen LogP contribution in [0.5, 0.6) is 0 Å². The first-order valence-corrected chi connectivity index (χ1v) is 7.87. The van der Waals surface area contributed by atoms with Crippen LogP contribution in [0, 0.1) is 5.92 Å². The normalized spacial score (nSPS) is 17.2. The van der Waals surface area contributed by atoms with Crippen molar-refractivity contribution in [2.24, 2.45) is 5.92 Å². The fourth-order valence-corrected chi connectivity index (χ4v) is 2.93. The smallest absolute Gasteiger partial charge is 0.229 e. The van der Waals surface area contributed by atoms with E-state index in [1.54, 1.807) is 36.5 Å². The van der Waals surface area contributed by atoms with Gasteiger partial charge in [-0.15, -0.1) is 0 Å². The molecule has 6 nitrogen and oxygen atoms in total. The number of anilines is 2. The van der Waals surface area contributed by atoms with Gasteiger partial charge in [0.25, 0.3) is 0 Å². The third kappa shape index (κ3) is 3.25. The first-order valence-electron chi connectivity index (χ1n) is 7.49. The summed E-state index contributed by atoms with van der Waals surface area (Å²) in [4.78, 5) is 30.2. The van der Waals surface area contributed by atoms with Crippen LogP contribution in [0.2, 0.25) is 5.02 Å². The lowest BCUT2D eigenvalue weighted by Gasteiger charge is -2.18. The van der Waals surface area contributed by atoms with Crippen molar-refractivity contribution >= 4 is 34.8 Å². The molecular weight excluding hydrogens is 330 g/mol. The molecule has 1 fully saturated rings. The summed E-state index contributed by atoms with van der Waals surface area (Å²) in [6.45, 7) is 0.0661. The molecule has 7 heteroatoms. The van der Waals surface area contributed by atoms with E-state index in [1.807, 2.05) is 0 Å². The Labute approximate surface area is 144 Å². The van der Waals surface area contributed by atoms with Gasteiger partial charge in [-0.1, -0.05) is 23.7 Å². The molecule has 0 spiro atoms. The van der Waals surface area contributed by atoms with E-state index in [0.717, 1.165) is 0 Å². The van der Waals surface area contributed by atoms with E-state index >= 15 is 0 Å². The minimum atomic E-state index is -0.486. The van der Waals surface area contributed by atoms with Gasteiger partial charge in [0.05, 0.1) is 35.1 Å². The highest BCUT2D eigenvalue weighted by atomic mass is 35.5. The van der Waals surface area contributed by atoms with Crippen LogP contribution in [0.3, 0.4) is 0 Å². The van der Waals surface area contributed by atoms with Crippen molar-refractivity contribution in [3.8, 4) is 0 Å². The molecule has 124 valence electrons. The molecule has 24 heavy (non-hydrogen) atoms. The molecule has 2 heterocycles. The average Bonchev–Trinajstić information content (AvgIpc) is 2.97. The van der Waals surface area contributed by atoms with Gasteiger partial charge < -0.3 is 15.3 Å². The molecule has 0 aliphatic carbocycles. The van der Waals surface area contributed by atoms with Crippen LogP contribution in [0.15, 0.2) is 42.7 Å². The highest BCUT2D eigenvalue weighted by Gasteiger charge is 2.36. The molecule has 1 aromatic carbocycles.